The Morgan fingerprint density at radius 1 is 1.67 bits per heavy atom. The average Bonchev–Trinajstić information content (AvgIpc) is 2.70. The fraction of sp³-hybridized carbons (Fsp3) is 0.545. The van der Waals surface area contributed by atoms with Crippen molar-refractivity contribution in [1.29, 1.82) is 0 Å². The van der Waals surface area contributed by atoms with E-state index < -0.39 is 4.92 Å². The van der Waals surface area contributed by atoms with Gasteiger partial charge in [0.25, 0.3) is 0 Å². The molecule has 1 saturated heterocycles. The van der Waals surface area contributed by atoms with Crippen LogP contribution in [0.25, 0.3) is 0 Å². The second kappa shape index (κ2) is 5.19. The molecule has 2 unspecified atom stereocenters. The molecule has 1 aromatic heterocycles. The van der Waals surface area contributed by atoms with Gasteiger partial charge in [0.05, 0.1) is 9.40 Å². The van der Waals surface area contributed by atoms with Crippen molar-refractivity contribution in [2.24, 2.45) is 11.7 Å². The molecule has 1 aromatic rings. The Balaban J connectivity index is 2.41. The van der Waals surface area contributed by atoms with Crippen LogP contribution >= 0.6 is 15.9 Å². The SMILES string of the molecule is CC1CC(CN)CN1c1c(Br)cncc1[N+](=O)[O-]. The lowest BCUT2D eigenvalue weighted by atomic mass is 10.1. The van der Waals surface area contributed by atoms with Crippen molar-refractivity contribution in [2.75, 3.05) is 18.0 Å². The van der Waals surface area contributed by atoms with Crippen molar-refractivity contribution in [3.8, 4) is 0 Å². The summed E-state index contributed by atoms with van der Waals surface area (Å²) in [6, 6.07) is 0.246. The minimum absolute atomic E-state index is 0.0360. The van der Waals surface area contributed by atoms with Crippen molar-refractivity contribution in [2.45, 2.75) is 19.4 Å². The molecule has 0 amide bonds. The molecule has 6 nitrogen and oxygen atoms in total. The first kappa shape index (κ1) is 13.2. The van der Waals surface area contributed by atoms with Gasteiger partial charge in [-0.2, -0.15) is 0 Å². The highest BCUT2D eigenvalue weighted by Gasteiger charge is 2.33. The summed E-state index contributed by atoms with van der Waals surface area (Å²) in [5, 5.41) is 11.1. The van der Waals surface area contributed by atoms with E-state index in [4.69, 9.17) is 5.73 Å². The molecule has 7 heteroatoms. The molecular weight excluding hydrogens is 300 g/mol. The molecule has 2 heterocycles. The summed E-state index contributed by atoms with van der Waals surface area (Å²) in [5.41, 5.74) is 6.33. The summed E-state index contributed by atoms with van der Waals surface area (Å²) >= 11 is 3.35. The highest BCUT2D eigenvalue weighted by Crippen LogP contribution is 2.39. The topological polar surface area (TPSA) is 85.3 Å². The van der Waals surface area contributed by atoms with Gasteiger partial charge in [0.15, 0.2) is 0 Å². The van der Waals surface area contributed by atoms with E-state index in [0.717, 1.165) is 13.0 Å². The standard InChI is InChI=1S/C11H15BrN4O2/c1-7-2-8(3-13)6-15(7)11-9(12)4-14-5-10(11)16(17)18/h4-5,7-8H,2-3,6,13H2,1H3. The van der Waals surface area contributed by atoms with Crippen molar-refractivity contribution >= 4 is 27.3 Å². The number of nitro groups is 1. The lowest BCUT2D eigenvalue weighted by Gasteiger charge is -2.24. The van der Waals surface area contributed by atoms with Crippen molar-refractivity contribution in [3.05, 3.63) is 27.0 Å². The van der Waals surface area contributed by atoms with Gasteiger partial charge < -0.3 is 10.6 Å². The summed E-state index contributed by atoms with van der Waals surface area (Å²) in [6.07, 6.45) is 3.84. The summed E-state index contributed by atoms with van der Waals surface area (Å²) in [6.45, 7) is 3.42. The molecule has 2 rings (SSSR count). The summed E-state index contributed by atoms with van der Waals surface area (Å²) < 4.78 is 0.654. The molecule has 1 fully saturated rings. The Morgan fingerprint density at radius 2 is 2.39 bits per heavy atom. The third-order valence-corrected chi connectivity index (χ3v) is 3.91. The van der Waals surface area contributed by atoms with E-state index >= 15 is 0 Å². The number of aromatic nitrogens is 1. The Kier molecular flexibility index (Phi) is 3.82. The predicted octanol–water partition coefficient (Wildman–Crippen LogP) is 1.93. The van der Waals surface area contributed by atoms with E-state index in [1.807, 2.05) is 4.90 Å². The molecule has 2 atom stereocenters. The fourth-order valence-electron chi connectivity index (χ4n) is 2.46. The fourth-order valence-corrected chi connectivity index (χ4v) is 3.01. The first-order valence-electron chi connectivity index (χ1n) is 5.79. The Hall–Kier alpha value is -1.21. The average molecular weight is 315 g/mol. The van der Waals surface area contributed by atoms with Gasteiger partial charge in [-0.25, -0.2) is 0 Å². The van der Waals surface area contributed by atoms with Gasteiger partial charge in [-0.1, -0.05) is 0 Å². The molecule has 0 aromatic carbocycles. The third-order valence-electron chi connectivity index (χ3n) is 3.33. The number of halogens is 1. The van der Waals surface area contributed by atoms with Crippen LogP contribution in [0.2, 0.25) is 0 Å². The van der Waals surface area contributed by atoms with E-state index in [0.29, 0.717) is 22.6 Å². The normalized spacial score (nSPS) is 23.4. The van der Waals surface area contributed by atoms with E-state index in [2.05, 4.69) is 27.8 Å². The molecule has 0 aliphatic carbocycles. The van der Waals surface area contributed by atoms with Crippen molar-refractivity contribution in [1.82, 2.24) is 4.98 Å². The number of hydrogen-bond acceptors (Lipinski definition) is 5. The van der Waals surface area contributed by atoms with Crippen LogP contribution in [-0.4, -0.2) is 29.0 Å². The molecular formula is C11H15BrN4O2. The number of anilines is 1. The molecule has 1 aliphatic heterocycles. The van der Waals surface area contributed by atoms with Crippen LogP contribution in [0, 0.1) is 16.0 Å². The molecule has 98 valence electrons. The van der Waals surface area contributed by atoms with Crippen molar-refractivity contribution in [3.63, 3.8) is 0 Å². The maximum atomic E-state index is 11.1. The van der Waals surface area contributed by atoms with Crippen LogP contribution in [0.5, 0.6) is 0 Å². The van der Waals surface area contributed by atoms with Crippen LogP contribution in [0.15, 0.2) is 16.9 Å². The minimum Gasteiger partial charge on any atom is -0.362 e. The Bertz CT molecular complexity index is 468. The molecule has 2 N–H and O–H groups in total. The first-order valence-corrected chi connectivity index (χ1v) is 6.58. The smallest absolute Gasteiger partial charge is 0.311 e. The number of nitrogens with zero attached hydrogens (tertiary/aromatic N) is 3. The molecule has 0 saturated carbocycles. The van der Waals surface area contributed by atoms with E-state index in [1.165, 1.54) is 6.20 Å². The number of nitrogens with two attached hydrogens (primary N) is 1. The zero-order valence-electron chi connectivity index (χ0n) is 10.0. The van der Waals surface area contributed by atoms with Gasteiger partial charge in [0, 0.05) is 18.8 Å². The number of hydrogen-bond donors (Lipinski definition) is 1. The van der Waals surface area contributed by atoms with E-state index in [1.54, 1.807) is 6.20 Å². The second-order valence-corrected chi connectivity index (χ2v) is 5.44. The van der Waals surface area contributed by atoms with Crippen LogP contribution in [0.3, 0.4) is 0 Å². The summed E-state index contributed by atoms with van der Waals surface area (Å²) in [5.74, 6) is 0.389. The Labute approximate surface area is 113 Å². The molecule has 0 radical (unpaired) electrons. The van der Waals surface area contributed by atoms with Gasteiger partial charge in [-0.05, 0) is 41.7 Å². The number of rotatable bonds is 3. The highest BCUT2D eigenvalue weighted by molar-refractivity contribution is 9.10. The van der Waals surface area contributed by atoms with Crippen molar-refractivity contribution < 1.29 is 4.92 Å². The Morgan fingerprint density at radius 3 is 2.94 bits per heavy atom. The lowest BCUT2D eigenvalue weighted by molar-refractivity contribution is -0.384. The maximum Gasteiger partial charge on any atom is 0.311 e. The van der Waals surface area contributed by atoms with Gasteiger partial charge >= 0.3 is 5.69 Å². The predicted molar refractivity (Wildman–Crippen MR) is 72.6 cm³/mol. The highest BCUT2D eigenvalue weighted by atomic mass is 79.9. The lowest BCUT2D eigenvalue weighted by Crippen LogP contribution is -2.28. The van der Waals surface area contributed by atoms with E-state index in [-0.39, 0.29) is 11.7 Å². The molecule has 1 aliphatic rings. The summed E-state index contributed by atoms with van der Waals surface area (Å²) in [4.78, 5) is 16.6. The van der Waals surface area contributed by atoms with Crippen LogP contribution in [0.4, 0.5) is 11.4 Å². The number of pyridine rings is 1. The zero-order valence-corrected chi connectivity index (χ0v) is 11.6. The first-order chi connectivity index (χ1) is 8.54. The van der Waals surface area contributed by atoms with Gasteiger partial charge in [0.1, 0.15) is 11.9 Å². The quantitative estimate of drug-likeness (QED) is 0.680. The second-order valence-electron chi connectivity index (χ2n) is 4.58. The van der Waals surface area contributed by atoms with Gasteiger partial charge in [-0.15, -0.1) is 0 Å². The maximum absolute atomic E-state index is 11.1. The minimum atomic E-state index is -0.393. The zero-order chi connectivity index (χ0) is 13.3. The molecule has 0 spiro atoms. The largest absolute Gasteiger partial charge is 0.362 e. The third kappa shape index (κ3) is 2.32. The molecule has 0 bridgehead atoms. The van der Waals surface area contributed by atoms with E-state index in [9.17, 15) is 10.1 Å². The van der Waals surface area contributed by atoms with Crippen LogP contribution in [-0.2, 0) is 0 Å². The van der Waals surface area contributed by atoms with Gasteiger partial charge in [-0.3, -0.25) is 15.1 Å². The monoisotopic (exact) mass is 314 g/mol. The van der Waals surface area contributed by atoms with Gasteiger partial charge in [0.2, 0.25) is 0 Å². The van der Waals surface area contributed by atoms with Crippen LogP contribution in [0.1, 0.15) is 13.3 Å². The molecule has 18 heavy (non-hydrogen) atoms. The summed E-state index contributed by atoms with van der Waals surface area (Å²) in [7, 11) is 0. The van der Waals surface area contributed by atoms with Crippen LogP contribution < -0.4 is 10.6 Å².